The largest absolute Gasteiger partial charge is 0.389 e. The molecule has 3 rings (SSSR count). The Labute approximate surface area is 72.9 Å². The molecule has 0 spiro atoms. The fourth-order valence-electron chi connectivity index (χ4n) is 2.54. The SMILES string of the molecule is CC1(C)C2C=CC(O)(CC2)C1O. The minimum Gasteiger partial charge on any atom is -0.389 e. The van der Waals surface area contributed by atoms with Crippen LogP contribution < -0.4 is 0 Å². The van der Waals surface area contributed by atoms with Gasteiger partial charge in [0, 0.05) is 5.41 Å². The van der Waals surface area contributed by atoms with Gasteiger partial charge in [0.1, 0.15) is 5.60 Å². The number of aliphatic hydroxyl groups is 2. The van der Waals surface area contributed by atoms with E-state index < -0.39 is 11.7 Å². The summed E-state index contributed by atoms with van der Waals surface area (Å²) in [6.45, 7) is 4.05. The monoisotopic (exact) mass is 168 g/mol. The third-order valence-corrected chi connectivity index (χ3v) is 3.61. The first-order chi connectivity index (χ1) is 5.47. The highest BCUT2D eigenvalue weighted by Crippen LogP contribution is 2.50. The second-order valence-electron chi connectivity index (χ2n) is 4.72. The summed E-state index contributed by atoms with van der Waals surface area (Å²) >= 11 is 0. The van der Waals surface area contributed by atoms with Crippen LogP contribution >= 0.6 is 0 Å². The zero-order valence-corrected chi connectivity index (χ0v) is 7.62. The average molecular weight is 168 g/mol. The first kappa shape index (κ1) is 8.27. The van der Waals surface area contributed by atoms with E-state index in [4.69, 9.17) is 0 Å². The molecule has 68 valence electrons. The molecule has 0 aromatic carbocycles. The van der Waals surface area contributed by atoms with Gasteiger partial charge in [-0.15, -0.1) is 0 Å². The van der Waals surface area contributed by atoms with Gasteiger partial charge >= 0.3 is 0 Å². The Balaban J connectivity index is 2.43. The number of allylic oxidation sites excluding steroid dienone is 1. The third kappa shape index (κ3) is 0.824. The Morgan fingerprint density at radius 3 is 2.42 bits per heavy atom. The highest BCUT2D eigenvalue weighted by Gasteiger charge is 2.53. The molecular weight excluding hydrogens is 152 g/mol. The fourth-order valence-corrected chi connectivity index (χ4v) is 2.54. The van der Waals surface area contributed by atoms with Crippen LogP contribution in [0.4, 0.5) is 0 Å². The molecule has 2 N–H and O–H groups in total. The van der Waals surface area contributed by atoms with Crippen LogP contribution in [0.1, 0.15) is 26.7 Å². The van der Waals surface area contributed by atoms with Gasteiger partial charge in [-0.05, 0) is 18.8 Å². The maximum absolute atomic E-state index is 9.99. The lowest BCUT2D eigenvalue weighted by Gasteiger charge is -2.52. The summed E-state index contributed by atoms with van der Waals surface area (Å²) in [5, 5.41) is 19.9. The Morgan fingerprint density at radius 2 is 2.08 bits per heavy atom. The Bertz CT molecular complexity index is 232. The topological polar surface area (TPSA) is 40.5 Å². The van der Waals surface area contributed by atoms with Gasteiger partial charge in [0.15, 0.2) is 0 Å². The minimum absolute atomic E-state index is 0.165. The second-order valence-corrected chi connectivity index (χ2v) is 4.72. The molecule has 0 saturated heterocycles. The van der Waals surface area contributed by atoms with E-state index in [2.05, 4.69) is 6.08 Å². The van der Waals surface area contributed by atoms with Crippen molar-refractivity contribution in [2.45, 2.75) is 38.4 Å². The van der Waals surface area contributed by atoms with Crippen molar-refractivity contribution in [3.8, 4) is 0 Å². The van der Waals surface area contributed by atoms with Crippen LogP contribution in [0.15, 0.2) is 12.2 Å². The first-order valence-electron chi connectivity index (χ1n) is 4.56. The lowest BCUT2D eigenvalue weighted by Crippen LogP contribution is -2.58. The molecule has 1 fully saturated rings. The summed E-state index contributed by atoms with van der Waals surface area (Å²) in [7, 11) is 0. The highest BCUT2D eigenvalue weighted by molar-refractivity contribution is 5.21. The van der Waals surface area contributed by atoms with Crippen LogP contribution in [0.25, 0.3) is 0 Å². The highest BCUT2D eigenvalue weighted by atomic mass is 16.3. The van der Waals surface area contributed by atoms with Gasteiger partial charge in [-0.1, -0.05) is 26.0 Å². The molecule has 2 bridgehead atoms. The summed E-state index contributed by atoms with van der Waals surface area (Å²) in [5.74, 6) is 0.432. The minimum atomic E-state index is -0.946. The number of rotatable bonds is 0. The maximum Gasteiger partial charge on any atom is 0.109 e. The molecular formula is C10H16O2. The van der Waals surface area contributed by atoms with Crippen molar-refractivity contribution in [1.82, 2.24) is 0 Å². The molecule has 0 heterocycles. The first-order valence-corrected chi connectivity index (χ1v) is 4.56. The third-order valence-electron chi connectivity index (χ3n) is 3.61. The predicted octanol–water partition coefficient (Wildman–Crippen LogP) is 1.08. The van der Waals surface area contributed by atoms with Crippen molar-refractivity contribution in [2.24, 2.45) is 11.3 Å². The van der Waals surface area contributed by atoms with E-state index in [-0.39, 0.29) is 5.41 Å². The summed E-state index contributed by atoms with van der Waals surface area (Å²) in [6.07, 6.45) is 4.93. The van der Waals surface area contributed by atoms with Crippen LogP contribution in [0, 0.1) is 11.3 Å². The van der Waals surface area contributed by atoms with Gasteiger partial charge in [-0.3, -0.25) is 0 Å². The van der Waals surface area contributed by atoms with Crippen molar-refractivity contribution >= 4 is 0 Å². The van der Waals surface area contributed by atoms with Crippen LogP contribution in [-0.4, -0.2) is 21.9 Å². The Hall–Kier alpha value is -0.340. The van der Waals surface area contributed by atoms with E-state index in [1.165, 1.54) is 0 Å². The van der Waals surface area contributed by atoms with E-state index in [9.17, 15) is 10.2 Å². The van der Waals surface area contributed by atoms with Crippen LogP contribution in [-0.2, 0) is 0 Å². The summed E-state index contributed by atoms with van der Waals surface area (Å²) in [5.41, 5.74) is -1.11. The molecule has 0 radical (unpaired) electrons. The molecule has 3 atom stereocenters. The maximum atomic E-state index is 9.99. The number of aliphatic hydroxyl groups excluding tert-OH is 1. The molecule has 2 heteroatoms. The van der Waals surface area contributed by atoms with Crippen molar-refractivity contribution in [1.29, 1.82) is 0 Å². The smallest absolute Gasteiger partial charge is 0.109 e. The van der Waals surface area contributed by atoms with Crippen molar-refractivity contribution in [3.63, 3.8) is 0 Å². The van der Waals surface area contributed by atoms with Crippen molar-refractivity contribution in [2.75, 3.05) is 0 Å². The average Bonchev–Trinajstić information content (AvgIpc) is 2.01. The molecule has 0 aromatic rings. The normalized spacial score (nSPS) is 49.7. The summed E-state index contributed by atoms with van der Waals surface area (Å²) in [6, 6.07) is 0. The fraction of sp³-hybridized carbons (Fsp3) is 0.800. The second kappa shape index (κ2) is 2.12. The Kier molecular flexibility index (Phi) is 1.46. The summed E-state index contributed by atoms with van der Waals surface area (Å²) in [4.78, 5) is 0. The lowest BCUT2D eigenvalue weighted by atomic mass is 9.57. The van der Waals surface area contributed by atoms with Crippen molar-refractivity contribution < 1.29 is 10.2 Å². The standard InChI is InChI=1S/C10H16O2/c1-9(2)7-3-5-10(12,6-4-7)8(9)11/h3,5,7-8,11-12H,4,6H2,1-2H3. The molecule has 0 aliphatic heterocycles. The van der Waals surface area contributed by atoms with E-state index in [0.29, 0.717) is 12.3 Å². The molecule has 0 aromatic heterocycles. The van der Waals surface area contributed by atoms with E-state index in [1.54, 1.807) is 6.08 Å². The van der Waals surface area contributed by atoms with E-state index in [0.717, 1.165) is 6.42 Å². The van der Waals surface area contributed by atoms with Gasteiger partial charge in [-0.2, -0.15) is 0 Å². The quantitative estimate of drug-likeness (QED) is 0.531. The molecule has 2 nitrogen and oxygen atoms in total. The zero-order chi connectivity index (χ0) is 8.98. The van der Waals surface area contributed by atoms with Gasteiger partial charge in [-0.25, -0.2) is 0 Å². The molecule has 3 aliphatic carbocycles. The molecule has 12 heavy (non-hydrogen) atoms. The summed E-state index contributed by atoms with van der Waals surface area (Å²) < 4.78 is 0. The molecule has 1 saturated carbocycles. The zero-order valence-electron chi connectivity index (χ0n) is 7.62. The van der Waals surface area contributed by atoms with Gasteiger partial charge in [0.2, 0.25) is 0 Å². The van der Waals surface area contributed by atoms with E-state index >= 15 is 0 Å². The van der Waals surface area contributed by atoms with Gasteiger partial charge in [0.25, 0.3) is 0 Å². The van der Waals surface area contributed by atoms with Gasteiger partial charge < -0.3 is 10.2 Å². The van der Waals surface area contributed by atoms with Crippen LogP contribution in [0.5, 0.6) is 0 Å². The number of fused-ring (bicyclic) bond motifs is 2. The lowest BCUT2D eigenvalue weighted by molar-refractivity contribution is -0.150. The van der Waals surface area contributed by atoms with E-state index in [1.807, 2.05) is 13.8 Å². The molecule has 0 amide bonds. The Morgan fingerprint density at radius 1 is 1.42 bits per heavy atom. The predicted molar refractivity (Wildman–Crippen MR) is 46.6 cm³/mol. The molecule has 3 unspecified atom stereocenters. The van der Waals surface area contributed by atoms with Crippen LogP contribution in [0.3, 0.4) is 0 Å². The number of hydrogen-bond acceptors (Lipinski definition) is 2. The van der Waals surface area contributed by atoms with Crippen molar-refractivity contribution in [3.05, 3.63) is 12.2 Å². The molecule has 3 aliphatic rings. The van der Waals surface area contributed by atoms with Crippen LogP contribution in [0.2, 0.25) is 0 Å². The number of hydrogen-bond donors (Lipinski definition) is 2. The van der Waals surface area contributed by atoms with Gasteiger partial charge in [0.05, 0.1) is 6.10 Å².